The van der Waals surface area contributed by atoms with Crippen molar-refractivity contribution in [2.75, 3.05) is 13.2 Å². The van der Waals surface area contributed by atoms with E-state index in [1.807, 2.05) is 0 Å². The number of aliphatic hydroxyl groups excluding tert-OH is 2. The van der Waals surface area contributed by atoms with Crippen molar-refractivity contribution in [2.24, 2.45) is 45.8 Å². The lowest BCUT2D eigenvalue weighted by atomic mass is 9.44. The summed E-state index contributed by atoms with van der Waals surface area (Å²) < 4.78 is 0. The van der Waals surface area contributed by atoms with Gasteiger partial charge in [-0.25, -0.2) is 0 Å². The maximum atomic E-state index is 12.9. The van der Waals surface area contributed by atoms with E-state index in [-0.39, 0.29) is 35.4 Å². The maximum Gasteiger partial charge on any atom is 0.139 e. The predicted octanol–water partition coefficient (Wildman–Crippen LogP) is 3.04. The molecule has 0 amide bonds. The zero-order chi connectivity index (χ0) is 16.6. The molecule has 3 heteroatoms. The number of carbonyl (C=O) groups is 1. The molecule has 23 heavy (non-hydrogen) atoms. The molecule has 4 fully saturated rings. The van der Waals surface area contributed by atoms with Gasteiger partial charge in [-0.15, -0.1) is 0 Å². The summed E-state index contributed by atoms with van der Waals surface area (Å²) in [6.45, 7) is 7.22. The fourth-order valence-electron chi connectivity index (χ4n) is 7.69. The van der Waals surface area contributed by atoms with Crippen LogP contribution in [0.5, 0.6) is 0 Å². The van der Waals surface area contributed by atoms with Crippen LogP contribution < -0.4 is 0 Å². The highest BCUT2D eigenvalue weighted by Gasteiger charge is 2.73. The second kappa shape index (κ2) is 4.82. The van der Waals surface area contributed by atoms with E-state index in [0.717, 1.165) is 6.42 Å². The summed E-state index contributed by atoms with van der Waals surface area (Å²) in [6, 6.07) is 0. The number of carbonyl (C=O) groups excluding carboxylic acids is 1. The van der Waals surface area contributed by atoms with Gasteiger partial charge in [0.25, 0.3) is 0 Å². The second-order valence-corrected chi connectivity index (χ2v) is 9.80. The van der Waals surface area contributed by atoms with Crippen LogP contribution in [0.4, 0.5) is 0 Å². The molecule has 0 bridgehead atoms. The van der Waals surface area contributed by atoms with E-state index in [1.54, 1.807) is 0 Å². The van der Waals surface area contributed by atoms with Gasteiger partial charge in [0.05, 0.1) is 0 Å². The first-order valence-corrected chi connectivity index (χ1v) is 9.58. The molecule has 2 N–H and O–H groups in total. The number of fused-ring (bicyclic) bond motifs is 5. The molecule has 0 aromatic carbocycles. The third kappa shape index (κ3) is 1.81. The quantitative estimate of drug-likeness (QED) is 0.822. The minimum atomic E-state index is -0.228. The van der Waals surface area contributed by atoms with Gasteiger partial charge in [0, 0.05) is 25.0 Å². The van der Waals surface area contributed by atoms with E-state index in [0.29, 0.717) is 35.9 Å². The lowest BCUT2D eigenvalue weighted by molar-refractivity contribution is -0.151. The summed E-state index contributed by atoms with van der Waals surface area (Å²) in [5.74, 6) is 2.64. The van der Waals surface area contributed by atoms with Gasteiger partial charge in [-0.3, -0.25) is 4.79 Å². The van der Waals surface area contributed by atoms with Crippen LogP contribution in [0.1, 0.15) is 59.3 Å². The van der Waals surface area contributed by atoms with Crippen LogP contribution in [0.3, 0.4) is 0 Å². The second-order valence-electron chi connectivity index (χ2n) is 9.80. The number of ketones is 1. The Labute approximate surface area is 139 Å². The minimum Gasteiger partial charge on any atom is -0.396 e. The highest BCUT2D eigenvalue weighted by atomic mass is 16.3. The van der Waals surface area contributed by atoms with Crippen molar-refractivity contribution >= 4 is 5.78 Å². The number of hydrogen-bond acceptors (Lipinski definition) is 3. The van der Waals surface area contributed by atoms with Crippen LogP contribution in [0.2, 0.25) is 0 Å². The smallest absolute Gasteiger partial charge is 0.139 e. The number of rotatable bonds is 2. The topological polar surface area (TPSA) is 57.5 Å². The molecule has 4 saturated carbocycles. The highest BCUT2D eigenvalue weighted by Crippen LogP contribution is 2.74. The van der Waals surface area contributed by atoms with Crippen molar-refractivity contribution in [3.05, 3.63) is 0 Å². The molecule has 0 unspecified atom stereocenters. The largest absolute Gasteiger partial charge is 0.396 e. The van der Waals surface area contributed by atoms with Crippen LogP contribution in [-0.4, -0.2) is 29.2 Å². The SMILES string of the molecule is C[C@]1(CO)CCC[C@]2(C)[C@H]3CC(=O)[C@@]4(C)[C@@H]([C@@H]3CC[C@@H]12)[C@@H]4CO. The molecule has 130 valence electrons. The van der Waals surface area contributed by atoms with E-state index in [1.165, 1.54) is 25.7 Å². The first-order valence-electron chi connectivity index (χ1n) is 9.58. The Kier molecular flexibility index (Phi) is 3.37. The fourth-order valence-corrected chi connectivity index (χ4v) is 7.69. The standard InChI is InChI=1S/C20H32O3/c1-18(11-22)7-4-8-19(2)13-9-16(23)20(3)14(10-21)17(20)12(13)5-6-15(18)19/h12-15,17,21-22H,4-11H2,1-3H3/t12-,13+,14+,15+,17+,18-,19-,20+/m1/s1. The lowest BCUT2D eigenvalue weighted by Gasteiger charge is -2.61. The Morgan fingerprint density at radius 2 is 1.87 bits per heavy atom. The summed E-state index contributed by atoms with van der Waals surface area (Å²) >= 11 is 0. The molecular formula is C20H32O3. The minimum absolute atomic E-state index is 0.0295. The van der Waals surface area contributed by atoms with Gasteiger partial charge in [0.2, 0.25) is 0 Å². The van der Waals surface area contributed by atoms with Gasteiger partial charge in [-0.05, 0) is 66.1 Å². The van der Waals surface area contributed by atoms with E-state index < -0.39 is 0 Å². The van der Waals surface area contributed by atoms with E-state index in [9.17, 15) is 15.0 Å². The lowest BCUT2D eigenvalue weighted by Crippen LogP contribution is -2.55. The molecule has 4 rings (SSSR count). The van der Waals surface area contributed by atoms with Gasteiger partial charge < -0.3 is 10.2 Å². The molecule has 0 radical (unpaired) electrons. The van der Waals surface area contributed by atoms with Crippen molar-refractivity contribution in [1.82, 2.24) is 0 Å². The highest BCUT2D eigenvalue weighted by molar-refractivity contribution is 5.90. The summed E-state index contributed by atoms with van der Waals surface area (Å²) in [6.07, 6.45) is 6.58. The van der Waals surface area contributed by atoms with E-state index >= 15 is 0 Å². The average molecular weight is 320 g/mol. The van der Waals surface area contributed by atoms with Crippen LogP contribution in [-0.2, 0) is 4.79 Å². The predicted molar refractivity (Wildman–Crippen MR) is 88.7 cm³/mol. The number of hydrogen-bond donors (Lipinski definition) is 2. The molecule has 4 aliphatic rings. The van der Waals surface area contributed by atoms with Crippen molar-refractivity contribution in [3.8, 4) is 0 Å². The number of aliphatic hydroxyl groups is 2. The van der Waals surface area contributed by atoms with Crippen molar-refractivity contribution in [2.45, 2.75) is 59.3 Å². The van der Waals surface area contributed by atoms with Crippen LogP contribution in [0.25, 0.3) is 0 Å². The Bertz CT molecular complexity index is 531. The monoisotopic (exact) mass is 320 g/mol. The van der Waals surface area contributed by atoms with Crippen molar-refractivity contribution in [1.29, 1.82) is 0 Å². The molecule has 0 aromatic rings. The molecular weight excluding hydrogens is 288 g/mol. The molecule has 0 spiro atoms. The fraction of sp³-hybridized carbons (Fsp3) is 0.950. The zero-order valence-corrected chi connectivity index (χ0v) is 14.8. The molecule has 4 aliphatic carbocycles. The van der Waals surface area contributed by atoms with Gasteiger partial charge in [-0.2, -0.15) is 0 Å². The van der Waals surface area contributed by atoms with Crippen LogP contribution >= 0.6 is 0 Å². The van der Waals surface area contributed by atoms with Crippen LogP contribution in [0.15, 0.2) is 0 Å². The molecule has 0 aromatic heterocycles. The summed E-state index contributed by atoms with van der Waals surface area (Å²) in [4.78, 5) is 12.9. The molecule has 0 saturated heterocycles. The normalized spacial score (nSPS) is 58.1. The van der Waals surface area contributed by atoms with Gasteiger partial charge in [0.15, 0.2) is 0 Å². The summed E-state index contributed by atoms with van der Waals surface area (Å²) in [7, 11) is 0. The van der Waals surface area contributed by atoms with Gasteiger partial charge in [0.1, 0.15) is 5.78 Å². The molecule has 0 heterocycles. The molecule has 3 nitrogen and oxygen atoms in total. The van der Waals surface area contributed by atoms with Crippen molar-refractivity contribution < 1.29 is 15.0 Å². The van der Waals surface area contributed by atoms with Crippen molar-refractivity contribution in [3.63, 3.8) is 0 Å². The Hall–Kier alpha value is -0.410. The van der Waals surface area contributed by atoms with E-state index in [4.69, 9.17) is 0 Å². The first kappa shape index (κ1) is 16.1. The molecule has 0 aliphatic heterocycles. The Morgan fingerprint density at radius 3 is 2.52 bits per heavy atom. The van der Waals surface area contributed by atoms with Gasteiger partial charge in [-0.1, -0.05) is 27.2 Å². The maximum absolute atomic E-state index is 12.9. The summed E-state index contributed by atoms with van der Waals surface area (Å²) in [5.41, 5.74) is -0.00596. The Morgan fingerprint density at radius 1 is 1.13 bits per heavy atom. The third-order valence-electron chi connectivity index (χ3n) is 9.07. The van der Waals surface area contributed by atoms with E-state index in [2.05, 4.69) is 20.8 Å². The Balaban J connectivity index is 1.69. The first-order chi connectivity index (χ1) is 10.8. The zero-order valence-electron chi connectivity index (χ0n) is 14.8. The van der Waals surface area contributed by atoms with Gasteiger partial charge >= 0.3 is 0 Å². The number of Topliss-reactive ketones (excluding diaryl/α,β-unsaturated/α-hetero) is 1. The average Bonchev–Trinajstić information content (AvgIpc) is 3.15. The molecule has 8 atom stereocenters. The third-order valence-corrected chi connectivity index (χ3v) is 9.07. The van der Waals surface area contributed by atoms with Crippen LogP contribution in [0, 0.1) is 45.8 Å². The summed E-state index contributed by atoms with van der Waals surface area (Å²) in [5, 5.41) is 19.8.